The van der Waals surface area contributed by atoms with Crippen LogP contribution in [0.5, 0.6) is 11.6 Å². The minimum absolute atomic E-state index is 0.0218. The first-order chi connectivity index (χ1) is 17.4. The maximum atomic E-state index is 12.8. The Bertz CT molecular complexity index is 1530. The van der Waals surface area contributed by atoms with Gasteiger partial charge in [0, 0.05) is 32.4 Å². The summed E-state index contributed by atoms with van der Waals surface area (Å²) in [6.45, 7) is 11.9. The Morgan fingerprint density at radius 1 is 1.19 bits per heavy atom. The molecule has 0 saturated carbocycles. The van der Waals surface area contributed by atoms with Gasteiger partial charge in [-0.25, -0.2) is 9.97 Å². The number of amides is 1. The molecule has 0 aromatic carbocycles. The zero-order chi connectivity index (χ0) is 24.9. The summed E-state index contributed by atoms with van der Waals surface area (Å²) in [6.07, 6.45) is 4.77. The van der Waals surface area contributed by atoms with E-state index in [1.54, 1.807) is 41.4 Å². The molecule has 6 rings (SSSR count). The summed E-state index contributed by atoms with van der Waals surface area (Å²) >= 11 is 0. The number of pyridine rings is 3. The molecule has 1 amide bonds. The fourth-order valence-electron chi connectivity index (χ4n) is 4.43. The number of hydrogen-bond donors (Lipinski definition) is 1. The molecular formula is C25H22N8O3. The molecule has 1 N–H and O–H groups in total. The van der Waals surface area contributed by atoms with Crippen molar-refractivity contribution in [1.82, 2.24) is 29.4 Å². The average Bonchev–Trinajstić information content (AvgIpc) is 3.20. The predicted octanol–water partition coefficient (Wildman–Crippen LogP) is 3.63. The number of carbonyl (C=O) groups is 1. The molecule has 2 aliphatic rings. The molecule has 11 heteroatoms. The van der Waals surface area contributed by atoms with Gasteiger partial charge in [-0.15, -0.1) is 4.98 Å². The number of nitrogens with zero attached hydrogens (tertiary/aromatic N) is 7. The zero-order valence-corrected chi connectivity index (χ0v) is 19.7. The second kappa shape index (κ2) is 8.28. The van der Waals surface area contributed by atoms with Gasteiger partial charge in [0.25, 0.3) is 11.7 Å². The Balaban J connectivity index is 1.23. The fourth-order valence-corrected chi connectivity index (χ4v) is 4.43. The number of nitrogens with one attached hydrogen (secondary N) is 1. The van der Waals surface area contributed by atoms with Crippen LogP contribution in [0.1, 0.15) is 15.9 Å². The standard InChI is InChI=1S/C25H22N8O3/c1-15-6-20(26-2)28-9-18(15)36-21-7-17(22-23(31-21)32(3)14-29-22)30-19-5-4-16(8-27-19)24(34)33-10-25(11-33)12-35-13-25/h4-9,14H,10-13H2,1,3H3,(H,27,30,31). The van der Waals surface area contributed by atoms with Gasteiger partial charge in [0.2, 0.25) is 5.88 Å². The van der Waals surface area contributed by atoms with Gasteiger partial charge in [-0.3, -0.25) is 4.79 Å². The van der Waals surface area contributed by atoms with Crippen LogP contribution in [0.2, 0.25) is 0 Å². The molecule has 0 unspecified atom stereocenters. The van der Waals surface area contributed by atoms with Crippen LogP contribution in [0.25, 0.3) is 16.0 Å². The third-order valence-electron chi connectivity index (χ3n) is 6.45. The number of rotatable bonds is 5. The SMILES string of the molecule is [C-]#[N+]c1cc(C)c(Oc2cc(Nc3ccc(C(=O)N4CC5(COC5)C4)cn3)c3ncn(C)c3n2)cn1. The van der Waals surface area contributed by atoms with Gasteiger partial charge in [-0.05, 0) is 30.7 Å². The van der Waals surface area contributed by atoms with E-state index >= 15 is 0 Å². The lowest BCUT2D eigenvalue weighted by molar-refractivity contribution is -0.176. The lowest BCUT2D eigenvalue weighted by atomic mass is 9.78. The van der Waals surface area contributed by atoms with Gasteiger partial charge >= 0.3 is 0 Å². The molecule has 0 aliphatic carbocycles. The molecule has 36 heavy (non-hydrogen) atoms. The van der Waals surface area contributed by atoms with Crippen molar-refractivity contribution >= 4 is 34.4 Å². The fraction of sp³-hybridized carbons (Fsp3) is 0.280. The van der Waals surface area contributed by atoms with E-state index in [0.717, 1.165) is 31.9 Å². The zero-order valence-electron chi connectivity index (χ0n) is 19.7. The van der Waals surface area contributed by atoms with Crippen LogP contribution >= 0.6 is 0 Å². The van der Waals surface area contributed by atoms with Crippen molar-refractivity contribution in [2.45, 2.75) is 6.92 Å². The second-order valence-corrected chi connectivity index (χ2v) is 9.27. The van der Waals surface area contributed by atoms with E-state index in [9.17, 15) is 4.79 Å². The van der Waals surface area contributed by atoms with E-state index in [1.807, 2.05) is 18.9 Å². The third-order valence-corrected chi connectivity index (χ3v) is 6.45. The highest BCUT2D eigenvalue weighted by Gasteiger charge is 2.50. The number of fused-ring (bicyclic) bond motifs is 1. The Morgan fingerprint density at radius 3 is 2.69 bits per heavy atom. The van der Waals surface area contributed by atoms with E-state index < -0.39 is 0 Å². The van der Waals surface area contributed by atoms with Crippen LogP contribution in [-0.4, -0.2) is 61.6 Å². The number of likely N-dealkylation sites (tertiary alicyclic amines) is 1. The van der Waals surface area contributed by atoms with Crippen molar-refractivity contribution in [2.75, 3.05) is 31.6 Å². The number of aryl methyl sites for hydroxylation is 2. The number of carbonyl (C=O) groups excluding carboxylic acids is 1. The minimum Gasteiger partial charge on any atom is -0.435 e. The Hall–Kier alpha value is -4.56. The van der Waals surface area contributed by atoms with Gasteiger partial charge < -0.3 is 29.1 Å². The smallest absolute Gasteiger partial charge is 0.269 e. The van der Waals surface area contributed by atoms with E-state index in [2.05, 4.69) is 30.1 Å². The summed E-state index contributed by atoms with van der Waals surface area (Å²) < 4.78 is 13.1. The largest absolute Gasteiger partial charge is 0.435 e. The number of imidazole rings is 1. The average molecular weight is 483 g/mol. The number of hydrogen-bond acceptors (Lipinski definition) is 8. The third kappa shape index (κ3) is 3.77. The van der Waals surface area contributed by atoms with Gasteiger partial charge in [0.15, 0.2) is 17.6 Å². The predicted molar refractivity (Wildman–Crippen MR) is 130 cm³/mol. The van der Waals surface area contributed by atoms with Crippen molar-refractivity contribution in [1.29, 1.82) is 0 Å². The minimum atomic E-state index is -0.0218. The highest BCUT2D eigenvalue weighted by atomic mass is 16.5. The van der Waals surface area contributed by atoms with Gasteiger partial charge in [-0.2, -0.15) is 4.98 Å². The van der Waals surface area contributed by atoms with Gasteiger partial charge in [0.05, 0.1) is 36.2 Å². The Morgan fingerprint density at radius 2 is 2.03 bits per heavy atom. The number of ether oxygens (including phenoxy) is 2. The molecule has 2 saturated heterocycles. The molecule has 0 radical (unpaired) electrons. The molecule has 180 valence electrons. The molecule has 11 nitrogen and oxygen atoms in total. The monoisotopic (exact) mass is 482 g/mol. The van der Waals surface area contributed by atoms with Crippen LogP contribution in [0.3, 0.4) is 0 Å². The first-order valence-electron chi connectivity index (χ1n) is 11.4. The maximum absolute atomic E-state index is 12.8. The molecular weight excluding hydrogens is 460 g/mol. The molecule has 6 heterocycles. The van der Waals surface area contributed by atoms with Gasteiger partial charge in [0.1, 0.15) is 11.3 Å². The molecule has 1 spiro atoms. The van der Waals surface area contributed by atoms with Crippen LogP contribution in [0.15, 0.2) is 43.0 Å². The summed E-state index contributed by atoms with van der Waals surface area (Å²) in [5, 5.41) is 3.27. The highest BCUT2D eigenvalue weighted by molar-refractivity contribution is 5.95. The lowest BCUT2D eigenvalue weighted by Gasteiger charge is -2.54. The van der Waals surface area contributed by atoms with Crippen molar-refractivity contribution < 1.29 is 14.3 Å². The summed E-state index contributed by atoms with van der Waals surface area (Å²) in [5.74, 6) is 1.68. The van der Waals surface area contributed by atoms with Crippen molar-refractivity contribution in [3.05, 3.63) is 65.5 Å². The quantitative estimate of drug-likeness (QED) is 0.429. The molecule has 4 aromatic heterocycles. The molecule has 0 bridgehead atoms. The van der Waals surface area contributed by atoms with E-state index in [0.29, 0.717) is 45.7 Å². The van der Waals surface area contributed by atoms with Gasteiger partial charge in [-0.1, -0.05) is 6.57 Å². The van der Waals surface area contributed by atoms with E-state index in [-0.39, 0.29) is 11.3 Å². The maximum Gasteiger partial charge on any atom is 0.269 e. The molecule has 2 fully saturated rings. The van der Waals surface area contributed by atoms with Crippen LogP contribution in [0, 0.1) is 18.9 Å². The van der Waals surface area contributed by atoms with Crippen LogP contribution < -0.4 is 10.1 Å². The second-order valence-electron chi connectivity index (χ2n) is 9.27. The molecule has 0 atom stereocenters. The summed E-state index contributed by atoms with van der Waals surface area (Å²) in [5.41, 5.74) is 3.42. The number of aromatic nitrogens is 5. The highest BCUT2D eigenvalue weighted by Crippen LogP contribution is 2.38. The summed E-state index contributed by atoms with van der Waals surface area (Å²) in [7, 11) is 1.85. The molecule has 2 aliphatic heterocycles. The first-order valence-corrected chi connectivity index (χ1v) is 11.4. The van der Waals surface area contributed by atoms with E-state index in [4.69, 9.17) is 16.0 Å². The molecule has 4 aromatic rings. The van der Waals surface area contributed by atoms with Crippen molar-refractivity contribution in [3.8, 4) is 11.6 Å². The Labute approximate surface area is 206 Å². The summed E-state index contributed by atoms with van der Waals surface area (Å²) in [6, 6.07) is 6.93. The summed E-state index contributed by atoms with van der Waals surface area (Å²) in [4.78, 5) is 35.5. The topological polar surface area (TPSA) is 112 Å². The van der Waals surface area contributed by atoms with E-state index in [1.165, 1.54) is 6.20 Å². The van der Waals surface area contributed by atoms with Crippen molar-refractivity contribution in [2.24, 2.45) is 12.5 Å². The first kappa shape index (κ1) is 21.9. The van der Waals surface area contributed by atoms with Crippen LogP contribution in [-0.2, 0) is 11.8 Å². The Kier molecular flexibility index (Phi) is 5.05. The normalized spacial score (nSPS) is 15.8. The van der Waals surface area contributed by atoms with Crippen molar-refractivity contribution in [3.63, 3.8) is 0 Å². The number of anilines is 2. The van der Waals surface area contributed by atoms with Crippen LogP contribution in [0.4, 0.5) is 17.3 Å². The lowest BCUT2D eigenvalue weighted by Crippen LogP contribution is -2.67.